The second-order valence-corrected chi connectivity index (χ2v) is 9.33. The first-order valence-electron chi connectivity index (χ1n) is 9.98. The predicted octanol–water partition coefficient (Wildman–Crippen LogP) is 3.57. The number of amides is 1. The highest BCUT2D eigenvalue weighted by atomic mass is 32.2. The van der Waals surface area contributed by atoms with Crippen LogP contribution >= 0.6 is 0 Å². The highest BCUT2D eigenvalue weighted by Crippen LogP contribution is 2.28. The summed E-state index contributed by atoms with van der Waals surface area (Å²) in [6.07, 6.45) is 0.592. The van der Waals surface area contributed by atoms with Crippen LogP contribution in [0.15, 0.2) is 71.6 Å². The summed E-state index contributed by atoms with van der Waals surface area (Å²) < 4.78 is 32.7. The number of benzene rings is 3. The van der Waals surface area contributed by atoms with E-state index in [1.54, 1.807) is 36.4 Å². The Kier molecular flexibility index (Phi) is 5.95. The van der Waals surface area contributed by atoms with Gasteiger partial charge in [0.1, 0.15) is 5.75 Å². The number of ether oxygens (including phenoxy) is 1. The zero-order valence-electron chi connectivity index (χ0n) is 17.4. The highest BCUT2D eigenvalue weighted by molar-refractivity contribution is 7.89. The molecule has 0 unspecified atom stereocenters. The number of hydrogen-bond acceptors (Lipinski definition) is 5. The Labute approximate surface area is 186 Å². The maximum absolute atomic E-state index is 13.1. The van der Waals surface area contributed by atoms with Gasteiger partial charge in [0.25, 0.3) is 5.91 Å². The number of nitrogens with zero attached hydrogens (tertiary/aromatic N) is 2. The first-order valence-corrected chi connectivity index (χ1v) is 11.4. The van der Waals surface area contributed by atoms with Crippen LogP contribution in [0.1, 0.15) is 27.0 Å². The molecule has 0 radical (unpaired) electrons. The molecule has 0 spiro atoms. The molecule has 3 aromatic carbocycles. The van der Waals surface area contributed by atoms with Crippen molar-refractivity contribution in [3.05, 3.63) is 89.0 Å². The Morgan fingerprint density at radius 1 is 1.03 bits per heavy atom. The summed E-state index contributed by atoms with van der Waals surface area (Å²) in [5.41, 5.74) is 3.41. The van der Waals surface area contributed by atoms with Crippen molar-refractivity contribution >= 4 is 21.6 Å². The molecule has 0 atom stereocenters. The minimum atomic E-state index is -3.65. The molecule has 7 nitrogen and oxygen atoms in total. The third kappa shape index (κ3) is 4.35. The summed E-state index contributed by atoms with van der Waals surface area (Å²) in [5.74, 6) is 0.295. The Morgan fingerprint density at radius 2 is 1.75 bits per heavy atom. The lowest BCUT2D eigenvalue weighted by Crippen LogP contribution is -2.36. The largest absolute Gasteiger partial charge is 0.497 e. The van der Waals surface area contributed by atoms with E-state index in [4.69, 9.17) is 10.00 Å². The molecule has 1 aliphatic heterocycles. The van der Waals surface area contributed by atoms with Crippen LogP contribution in [0.2, 0.25) is 0 Å². The third-order valence-electron chi connectivity index (χ3n) is 5.41. The van der Waals surface area contributed by atoms with Crippen molar-refractivity contribution in [3.8, 4) is 11.8 Å². The van der Waals surface area contributed by atoms with Gasteiger partial charge in [-0.3, -0.25) is 4.79 Å². The van der Waals surface area contributed by atoms with Gasteiger partial charge in [0.05, 0.1) is 23.6 Å². The quantitative estimate of drug-likeness (QED) is 0.645. The van der Waals surface area contributed by atoms with Crippen LogP contribution in [-0.4, -0.2) is 32.3 Å². The highest BCUT2D eigenvalue weighted by Gasteiger charge is 2.28. The fourth-order valence-corrected chi connectivity index (χ4v) is 5.03. The SMILES string of the molecule is COc1ccc(S(=O)(=O)N2CCc3ccc(NC(=O)c4ccc(C#N)cc4)cc3C2)cc1. The molecule has 0 fully saturated rings. The average Bonchev–Trinajstić information content (AvgIpc) is 2.83. The zero-order valence-corrected chi connectivity index (χ0v) is 18.2. The topological polar surface area (TPSA) is 99.5 Å². The summed E-state index contributed by atoms with van der Waals surface area (Å²) >= 11 is 0. The normalized spacial score (nSPS) is 13.6. The summed E-state index contributed by atoms with van der Waals surface area (Å²) in [7, 11) is -2.12. The Balaban J connectivity index is 1.52. The van der Waals surface area contributed by atoms with Crippen LogP contribution in [0.5, 0.6) is 5.75 Å². The van der Waals surface area contributed by atoms with Crippen molar-refractivity contribution in [2.75, 3.05) is 19.0 Å². The van der Waals surface area contributed by atoms with Gasteiger partial charge in [0.2, 0.25) is 10.0 Å². The first kappa shape index (κ1) is 21.6. The molecule has 1 heterocycles. The molecule has 0 bridgehead atoms. The number of methoxy groups -OCH3 is 1. The molecule has 0 aliphatic carbocycles. The van der Waals surface area contributed by atoms with E-state index in [1.807, 2.05) is 24.3 Å². The van der Waals surface area contributed by atoms with E-state index in [-0.39, 0.29) is 17.3 Å². The Bertz CT molecular complexity index is 1290. The van der Waals surface area contributed by atoms with Crippen LogP contribution in [0.3, 0.4) is 0 Å². The van der Waals surface area contributed by atoms with E-state index in [0.717, 1.165) is 11.1 Å². The molecule has 4 rings (SSSR count). The van der Waals surface area contributed by atoms with Gasteiger partial charge in [-0.25, -0.2) is 8.42 Å². The van der Waals surface area contributed by atoms with E-state index in [9.17, 15) is 13.2 Å². The molecule has 0 saturated heterocycles. The Morgan fingerprint density at radius 3 is 2.41 bits per heavy atom. The lowest BCUT2D eigenvalue weighted by atomic mass is 10.0. The van der Waals surface area contributed by atoms with Crippen molar-refractivity contribution in [2.24, 2.45) is 0 Å². The van der Waals surface area contributed by atoms with Gasteiger partial charge in [-0.15, -0.1) is 0 Å². The standard InChI is InChI=1S/C24H21N3O4S/c1-31-22-8-10-23(11-9-22)32(29,30)27-13-12-18-6-7-21(14-20(18)16-27)26-24(28)19-4-2-17(15-25)3-5-19/h2-11,14H,12-13,16H2,1H3,(H,26,28). The molecule has 0 saturated carbocycles. The molecule has 1 aliphatic rings. The molecule has 1 N–H and O–H groups in total. The van der Waals surface area contributed by atoms with Gasteiger partial charge in [-0.1, -0.05) is 6.07 Å². The fraction of sp³-hybridized carbons (Fsp3) is 0.167. The van der Waals surface area contributed by atoms with Gasteiger partial charge >= 0.3 is 0 Å². The third-order valence-corrected chi connectivity index (χ3v) is 7.27. The first-order chi connectivity index (χ1) is 15.4. The van der Waals surface area contributed by atoms with Gasteiger partial charge in [0.15, 0.2) is 0 Å². The van der Waals surface area contributed by atoms with Crippen LogP contribution in [-0.2, 0) is 23.0 Å². The van der Waals surface area contributed by atoms with Crippen LogP contribution in [0.25, 0.3) is 0 Å². The van der Waals surface area contributed by atoms with Crippen molar-refractivity contribution in [1.29, 1.82) is 5.26 Å². The molecule has 162 valence electrons. The maximum atomic E-state index is 13.1. The minimum Gasteiger partial charge on any atom is -0.497 e. The van der Waals surface area contributed by atoms with Gasteiger partial charge in [-0.2, -0.15) is 9.57 Å². The van der Waals surface area contributed by atoms with Crippen LogP contribution in [0.4, 0.5) is 5.69 Å². The van der Waals surface area contributed by atoms with E-state index >= 15 is 0 Å². The summed E-state index contributed by atoms with van der Waals surface area (Å²) in [6.45, 7) is 0.614. The van der Waals surface area contributed by atoms with Crippen molar-refractivity contribution in [2.45, 2.75) is 17.9 Å². The van der Waals surface area contributed by atoms with E-state index in [0.29, 0.717) is 35.5 Å². The van der Waals surface area contributed by atoms with Gasteiger partial charge in [0, 0.05) is 24.3 Å². The van der Waals surface area contributed by atoms with Crippen molar-refractivity contribution < 1.29 is 17.9 Å². The number of nitriles is 1. The number of carbonyl (C=O) groups is 1. The lowest BCUT2D eigenvalue weighted by molar-refractivity contribution is 0.102. The van der Waals surface area contributed by atoms with Crippen LogP contribution < -0.4 is 10.1 Å². The number of fused-ring (bicyclic) bond motifs is 1. The molecule has 3 aromatic rings. The zero-order chi connectivity index (χ0) is 22.7. The summed E-state index contributed by atoms with van der Waals surface area (Å²) in [4.78, 5) is 12.7. The van der Waals surface area contributed by atoms with Crippen molar-refractivity contribution in [1.82, 2.24) is 4.31 Å². The number of sulfonamides is 1. The van der Waals surface area contributed by atoms with Gasteiger partial charge < -0.3 is 10.1 Å². The van der Waals surface area contributed by atoms with Crippen molar-refractivity contribution in [3.63, 3.8) is 0 Å². The Hall–Kier alpha value is -3.67. The van der Waals surface area contributed by atoms with E-state index in [1.165, 1.54) is 23.5 Å². The maximum Gasteiger partial charge on any atom is 0.255 e. The van der Waals surface area contributed by atoms with E-state index < -0.39 is 10.0 Å². The second kappa shape index (κ2) is 8.83. The minimum absolute atomic E-state index is 0.215. The lowest BCUT2D eigenvalue weighted by Gasteiger charge is -2.28. The molecule has 32 heavy (non-hydrogen) atoms. The molecule has 1 amide bonds. The predicted molar refractivity (Wildman–Crippen MR) is 120 cm³/mol. The molecular weight excluding hydrogens is 426 g/mol. The smallest absolute Gasteiger partial charge is 0.255 e. The monoisotopic (exact) mass is 447 g/mol. The number of rotatable bonds is 5. The number of carbonyl (C=O) groups excluding carboxylic acids is 1. The summed E-state index contributed by atoms with van der Waals surface area (Å²) in [6, 6.07) is 20.3. The van der Waals surface area contributed by atoms with Gasteiger partial charge in [-0.05, 0) is 78.2 Å². The van der Waals surface area contributed by atoms with Crippen LogP contribution in [0, 0.1) is 11.3 Å². The molecular formula is C24H21N3O4S. The molecule has 0 aromatic heterocycles. The number of hydrogen-bond donors (Lipinski definition) is 1. The fourth-order valence-electron chi connectivity index (χ4n) is 3.61. The molecule has 8 heteroatoms. The van der Waals surface area contributed by atoms with E-state index in [2.05, 4.69) is 5.32 Å². The second-order valence-electron chi connectivity index (χ2n) is 7.39. The number of anilines is 1. The average molecular weight is 448 g/mol. The summed E-state index contributed by atoms with van der Waals surface area (Å²) in [5, 5.41) is 11.7. The number of nitrogens with one attached hydrogen (secondary N) is 1.